The van der Waals surface area contributed by atoms with Crippen LogP contribution in [0, 0.1) is 6.92 Å². The number of benzene rings is 3. The number of aliphatic imine (C=N–C) groups is 1. The van der Waals surface area contributed by atoms with Gasteiger partial charge in [0.15, 0.2) is 5.82 Å². The lowest BCUT2D eigenvalue weighted by Gasteiger charge is -2.14. The summed E-state index contributed by atoms with van der Waals surface area (Å²) in [5.74, 6) is 1.70. The van der Waals surface area contributed by atoms with E-state index in [-0.39, 0.29) is 18.2 Å². The molecule has 1 aliphatic rings. The summed E-state index contributed by atoms with van der Waals surface area (Å²) < 4.78 is 7.49. The maximum Gasteiger partial charge on any atom is 0.251 e. The number of aryl methyl sites for hydroxylation is 1. The number of hydrogen-bond acceptors (Lipinski definition) is 7. The predicted octanol–water partition coefficient (Wildman–Crippen LogP) is 4.64. The van der Waals surface area contributed by atoms with Crippen LogP contribution in [0.3, 0.4) is 0 Å². The Bertz CT molecular complexity index is 1730. The van der Waals surface area contributed by atoms with Crippen LogP contribution >= 0.6 is 11.6 Å². The second kappa shape index (κ2) is 14.4. The summed E-state index contributed by atoms with van der Waals surface area (Å²) in [7, 11) is -0.770. The van der Waals surface area contributed by atoms with Gasteiger partial charge in [0.2, 0.25) is 14.2 Å². The number of amides is 2. The Hall–Kier alpha value is -4.32. The Morgan fingerprint density at radius 1 is 0.957 bits per heavy atom. The Morgan fingerprint density at radius 2 is 1.65 bits per heavy atom. The number of unbranched alkanes of at least 4 members (excludes halogenated alkanes) is 2. The fourth-order valence-corrected chi connectivity index (χ4v) is 6.52. The average Bonchev–Trinajstić information content (AvgIpc) is 3.36. The third kappa shape index (κ3) is 7.72. The Morgan fingerprint density at radius 3 is 2.33 bits per heavy atom. The van der Waals surface area contributed by atoms with Crippen LogP contribution in [0.2, 0.25) is 18.1 Å². The van der Waals surface area contributed by atoms with Gasteiger partial charge in [-0.2, -0.15) is 0 Å². The van der Waals surface area contributed by atoms with Crippen molar-refractivity contribution in [3.05, 3.63) is 100 Å². The van der Waals surface area contributed by atoms with E-state index < -0.39 is 14.4 Å². The zero-order chi connectivity index (χ0) is 32.8. The van der Waals surface area contributed by atoms with E-state index in [1.54, 1.807) is 19.2 Å². The lowest BCUT2D eigenvalue weighted by molar-refractivity contribution is -0.121. The Kier molecular flexibility index (Phi) is 10.3. The molecule has 0 aliphatic carbocycles. The van der Waals surface area contributed by atoms with E-state index in [2.05, 4.69) is 20.8 Å². The molecule has 0 saturated carbocycles. The van der Waals surface area contributed by atoms with Crippen molar-refractivity contribution in [2.24, 2.45) is 4.99 Å². The Balaban J connectivity index is 1.19. The van der Waals surface area contributed by atoms with Crippen LogP contribution in [0.1, 0.15) is 64.9 Å². The zero-order valence-electron chi connectivity index (χ0n) is 26.5. The molecule has 0 bridgehead atoms. The van der Waals surface area contributed by atoms with E-state index in [4.69, 9.17) is 21.3 Å². The van der Waals surface area contributed by atoms with Crippen molar-refractivity contribution in [1.82, 2.24) is 25.4 Å². The van der Waals surface area contributed by atoms with Crippen LogP contribution in [0.25, 0.3) is 5.69 Å². The maximum atomic E-state index is 13.2. The van der Waals surface area contributed by atoms with Crippen molar-refractivity contribution in [1.29, 1.82) is 0 Å². The highest BCUT2D eigenvalue weighted by atomic mass is 35.5. The third-order valence-corrected chi connectivity index (χ3v) is 9.94. The van der Waals surface area contributed by atoms with Gasteiger partial charge in [-0.05, 0) is 86.9 Å². The lowest BCUT2D eigenvalue weighted by Crippen LogP contribution is -2.41. The van der Waals surface area contributed by atoms with E-state index in [1.165, 1.54) is 0 Å². The molecular formula is C34H39ClN6O4Si. The molecule has 4 aromatic rings. The molecular weight excluding hydrogens is 620 g/mol. The molecule has 0 saturated heterocycles. The van der Waals surface area contributed by atoms with E-state index in [0.717, 1.165) is 41.3 Å². The minimum atomic E-state index is -2.39. The van der Waals surface area contributed by atoms with Gasteiger partial charge in [0.05, 0.1) is 24.9 Å². The predicted molar refractivity (Wildman–Crippen MR) is 182 cm³/mol. The van der Waals surface area contributed by atoms with Gasteiger partial charge in [0.25, 0.3) is 5.91 Å². The van der Waals surface area contributed by atoms with Gasteiger partial charge < -0.3 is 20.2 Å². The van der Waals surface area contributed by atoms with E-state index >= 15 is 0 Å². The molecule has 0 fully saturated rings. The molecule has 5 rings (SSSR count). The van der Waals surface area contributed by atoms with Gasteiger partial charge in [0, 0.05) is 34.8 Å². The first kappa shape index (κ1) is 33.1. The molecule has 2 heterocycles. The minimum absolute atomic E-state index is 0.102. The number of aromatic nitrogens is 3. The normalized spacial score (nSPS) is 14.0. The quantitative estimate of drug-likeness (QED) is 0.150. The fourth-order valence-electron chi connectivity index (χ4n) is 5.41. The fraction of sp³-hybridized carbons (Fsp3) is 0.324. The van der Waals surface area contributed by atoms with Gasteiger partial charge in [-0.15, -0.1) is 10.2 Å². The summed E-state index contributed by atoms with van der Waals surface area (Å²) in [6.45, 7) is 6.63. The van der Waals surface area contributed by atoms with Gasteiger partial charge in [-0.1, -0.05) is 35.9 Å². The summed E-state index contributed by atoms with van der Waals surface area (Å²) in [5, 5.41) is 16.2. The van der Waals surface area contributed by atoms with Gasteiger partial charge in [0.1, 0.15) is 17.6 Å². The molecule has 1 aromatic heterocycles. The van der Waals surface area contributed by atoms with Crippen molar-refractivity contribution >= 4 is 42.6 Å². The van der Waals surface area contributed by atoms with Crippen LogP contribution < -0.4 is 20.6 Å². The first-order chi connectivity index (χ1) is 22.0. The molecule has 46 heavy (non-hydrogen) atoms. The minimum Gasteiger partial charge on any atom is -0.497 e. The number of methoxy groups -OCH3 is 1. The molecule has 0 spiro atoms. The van der Waals surface area contributed by atoms with Crippen LogP contribution in [0.15, 0.2) is 71.7 Å². The topological polar surface area (TPSA) is 131 Å². The number of nitrogens with one attached hydrogen (secondary N) is 2. The summed E-state index contributed by atoms with van der Waals surface area (Å²) in [6, 6.07) is 19.8. The van der Waals surface area contributed by atoms with Crippen molar-refractivity contribution in [3.63, 3.8) is 0 Å². The highest BCUT2D eigenvalue weighted by Crippen LogP contribution is 2.34. The molecule has 10 nitrogen and oxygen atoms in total. The van der Waals surface area contributed by atoms with Crippen LogP contribution in [-0.4, -0.2) is 65.6 Å². The molecule has 1 atom stereocenters. The van der Waals surface area contributed by atoms with Gasteiger partial charge in [-0.25, -0.2) is 0 Å². The Labute approximate surface area is 275 Å². The second-order valence-corrected chi connectivity index (χ2v) is 16.0. The molecule has 3 aromatic carbocycles. The van der Waals surface area contributed by atoms with E-state index in [0.29, 0.717) is 46.8 Å². The summed E-state index contributed by atoms with van der Waals surface area (Å²) in [6.07, 6.45) is 2.51. The second-order valence-electron chi connectivity index (χ2n) is 11.8. The summed E-state index contributed by atoms with van der Waals surface area (Å²) in [4.78, 5) is 41.0. The number of carbonyl (C=O) groups is 2. The number of ether oxygens (including phenoxy) is 1. The van der Waals surface area contributed by atoms with Gasteiger partial charge in [-0.3, -0.25) is 19.1 Å². The lowest BCUT2D eigenvalue weighted by atomic mass is 10.00. The van der Waals surface area contributed by atoms with Crippen molar-refractivity contribution < 1.29 is 19.1 Å². The molecule has 240 valence electrons. The van der Waals surface area contributed by atoms with Crippen LogP contribution in [-0.2, 0) is 4.79 Å². The largest absolute Gasteiger partial charge is 0.497 e. The molecule has 1 unspecified atom stereocenters. The standard InChI is InChI=1S/C34H39ClN6O4Si/c1-22-39-40-33-29(38-32(23-8-12-25(35)13-9-23)28-20-26(45-2)14-17-30(28)41(22)33)21-31(42)36-18-6-5-7-19-37-34(43)24-10-15-27(16-11-24)46(3,4)44/h8-17,20,29,44H,5-7,18-19,21H2,1-4H3,(H,36,42)(H,37,43). The highest BCUT2D eigenvalue weighted by Gasteiger charge is 2.30. The maximum absolute atomic E-state index is 13.2. The van der Waals surface area contributed by atoms with Crippen molar-refractivity contribution in [2.45, 2.75) is 51.7 Å². The first-order valence-corrected chi connectivity index (χ1v) is 18.7. The highest BCUT2D eigenvalue weighted by molar-refractivity contribution is 6.83. The SMILES string of the molecule is COc1ccc2c(c1)C(c1ccc(Cl)cc1)=NC(CC(=O)NCCCCCNC(=O)c1ccc([Si](C)(C)O)cc1)c1nnc(C)n1-2. The zero-order valence-corrected chi connectivity index (χ0v) is 28.3. The first-order valence-electron chi connectivity index (χ1n) is 15.4. The number of halogens is 1. The third-order valence-electron chi connectivity index (χ3n) is 7.94. The number of carbonyl (C=O) groups excluding carboxylic acids is 2. The number of rotatable bonds is 12. The van der Waals surface area contributed by atoms with Crippen LogP contribution in [0.4, 0.5) is 0 Å². The van der Waals surface area contributed by atoms with E-state index in [1.807, 2.05) is 79.2 Å². The number of fused-ring (bicyclic) bond motifs is 3. The van der Waals surface area contributed by atoms with Crippen molar-refractivity contribution in [3.8, 4) is 11.4 Å². The molecule has 0 radical (unpaired) electrons. The molecule has 3 N–H and O–H groups in total. The smallest absolute Gasteiger partial charge is 0.251 e. The summed E-state index contributed by atoms with van der Waals surface area (Å²) in [5.41, 5.74) is 3.84. The molecule has 2 amide bonds. The van der Waals surface area contributed by atoms with Crippen molar-refractivity contribution in [2.75, 3.05) is 20.2 Å². The molecule has 1 aliphatic heterocycles. The van der Waals surface area contributed by atoms with E-state index in [9.17, 15) is 14.4 Å². The average molecular weight is 659 g/mol. The monoisotopic (exact) mass is 658 g/mol. The van der Waals surface area contributed by atoms with Gasteiger partial charge >= 0.3 is 0 Å². The number of nitrogens with zero attached hydrogens (tertiary/aromatic N) is 4. The van der Waals surface area contributed by atoms with Crippen LogP contribution in [0.5, 0.6) is 5.75 Å². The molecule has 12 heteroatoms. The summed E-state index contributed by atoms with van der Waals surface area (Å²) >= 11 is 6.19. The number of hydrogen-bond donors (Lipinski definition) is 3.